The Morgan fingerprint density at radius 3 is 2.50 bits per heavy atom. The van der Waals surface area contributed by atoms with Gasteiger partial charge in [0, 0.05) is 11.3 Å². The summed E-state index contributed by atoms with van der Waals surface area (Å²) in [6, 6.07) is 13.8. The summed E-state index contributed by atoms with van der Waals surface area (Å²) in [5.41, 5.74) is 1.84. The van der Waals surface area contributed by atoms with Crippen LogP contribution in [-0.2, 0) is 5.75 Å². The number of thioether (sulfide) groups is 1. The van der Waals surface area contributed by atoms with Crippen LogP contribution in [0, 0.1) is 5.82 Å². The molecule has 1 aromatic heterocycles. The fourth-order valence-electron chi connectivity index (χ4n) is 1.85. The van der Waals surface area contributed by atoms with Gasteiger partial charge in [-0.25, -0.2) is 4.39 Å². The number of halogens is 1. The van der Waals surface area contributed by atoms with E-state index >= 15 is 0 Å². The van der Waals surface area contributed by atoms with Crippen LogP contribution in [-0.4, -0.2) is 17.3 Å². The van der Waals surface area contributed by atoms with Gasteiger partial charge in [-0.2, -0.15) is 4.98 Å². The van der Waals surface area contributed by atoms with Crippen molar-refractivity contribution in [2.75, 3.05) is 7.11 Å². The maximum atomic E-state index is 12.9. The molecule has 0 aliphatic carbocycles. The van der Waals surface area contributed by atoms with E-state index in [2.05, 4.69) is 10.1 Å². The monoisotopic (exact) mass is 316 g/mol. The molecule has 0 saturated carbocycles. The van der Waals surface area contributed by atoms with Gasteiger partial charge in [-0.1, -0.05) is 23.9 Å². The van der Waals surface area contributed by atoms with E-state index < -0.39 is 0 Å². The first kappa shape index (κ1) is 14.6. The Bertz CT molecular complexity index is 742. The molecule has 0 atom stereocenters. The van der Waals surface area contributed by atoms with E-state index in [9.17, 15) is 4.39 Å². The fraction of sp³-hybridized carbons (Fsp3) is 0.125. The Hall–Kier alpha value is -2.34. The normalized spacial score (nSPS) is 10.6. The second-order valence-corrected chi connectivity index (χ2v) is 5.47. The summed E-state index contributed by atoms with van der Waals surface area (Å²) in [6.07, 6.45) is 0. The van der Waals surface area contributed by atoms with Crippen LogP contribution < -0.4 is 4.74 Å². The van der Waals surface area contributed by atoms with Crippen LogP contribution in [0.15, 0.2) is 58.2 Å². The van der Waals surface area contributed by atoms with Crippen LogP contribution in [0.25, 0.3) is 11.5 Å². The third-order valence-electron chi connectivity index (χ3n) is 3.03. The lowest BCUT2D eigenvalue weighted by atomic mass is 10.2. The van der Waals surface area contributed by atoms with Gasteiger partial charge in [-0.3, -0.25) is 0 Å². The van der Waals surface area contributed by atoms with E-state index in [0.717, 1.165) is 17.1 Å². The number of ether oxygens (including phenoxy) is 1. The van der Waals surface area contributed by atoms with E-state index in [-0.39, 0.29) is 5.82 Å². The number of nitrogens with zero attached hydrogens (tertiary/aromatic N) is 2. The highest BCUT2D eigenvalue weighted by atomic mass is 32.2. The van der Waals surface area contributed by atoms with Crippen LogP contribution in [0.3, 0.4) is 0 Å². The highest BCUT2D eigenvalue weighted by molar-refractivity contribution is 7.98. The molecule has 6 heteroatoms. The summed E-state index contributed by atoms with van der Waals surface area (Å²) in [5, 5.41) is 4.47. The molecule has 0 bridgehead atoms. The minimum Gasteiger partial charge on any atom is -0.497 e. The Balaban J connectivity index is 1.65. The lowest BCUT2D eigenvalue weighted by molar-refractivity contribution is 0.414. The number of benzene rings is 2. The maximum absolute atomic E-state index is 12.9. The molecule has 1 heterocycles. The van der Waals surface area contributed by atoms with Crippen LogP contribution in [0.2, 0.25) is 0 Å². The number of rotatable bonds is 5. The molecule has 3 rings (SSSR count). The zero-order valence-corrected chi connectivity index (χ0v) is 12.6. The van der Waals surface area contributed by atoms with Gasteiger partial charge in [0.15, 0.2) is 0 Å². The highest BCUT2D eigenvalue weighted by Gasteiger charge is 2.09. The van der Waals surface area contributed by atoms with Gasteiger partial charge >= 0.3 is 0 Å². The van der Waals surface area contributed by atoms with Gasteiger partial charge in [0.2, 0.25) is 5.16 Å². The first-order valence-electron chi connectivity index (χ1n) is 6.60. The molecule has 2 aromatic carbocycles. The van der Waals surface area contributed by atoms with Crippen LogP contribution in [0.4, 0.5) is 4.39 Å². The summed E-state index contributed by atoms with van der Waals surface area (Å²) >= 11 is 1.47. The lowest BCUT2D eigenvalue weighted by Gasteiger charge is -2.01. The second kappa shape index (κ2) is 6.62. The van der Waals surface area contributed by atoms with Crippen molar-refractivity contribution in [2.24, 2.45) is 0 Å². The number of hydrogen-bond acceptors (Lipinski definition) is 5. The molecule has 0 unspecified atom stereocenters. The standard InChI is InChI=1S/C16H13FN2O2S/c1-20-14-8-2-11(3-9-14)10-22-16-18-15(21-19-16)12-4-6-13(17)7-5-12/h2-9H,10H2,1H3. The predicted octanol–water partition coefficient (Wildman–Crippen LogP) is 4.18. The average Bonchev–Trinajstić information content (AvgIpc) is 3.03. The van der Waals surface area contributed by atoms with Crippen molar-refractivity contribution in [1.29, 1.82) is 0 Å². The van der Waals surface area contributed by atoms with Crippen molar-refractivity contribution < 1.29 is 13.7 Å². The van der Waals surface area contributed by atoms with E-state index in [0.29, 0.717) is 16.6 Å². The second-order valence-electron chi connectivity index (χ2n) is 4.53. The summed E-state index contributed by atoms with van der Waals surface area (Å²) in [7, 11) is 1.64. The number of methoxy groups -OCH3 is 1. The van der Waals surface area contributed by atoms with Gasteiger partial charge in [-0.05, 0) is 47.1 Å². The molecular formula is C16H13FN2O2S. The van der Waals surface area contributed by atoms with E-state index in [1.807, 2.05) is 24.3 Å². The smallest absolute Gasteiger partial charge is 0.258 e. The zero-order valence-electron chi connectivity index (χ0n) is 11.8. The van der Waals surface area contributed by atoms with Crippen molar-refractivity contribution in [3.05, 3.63) is 59.9 Å². The van der Waals surface area contributed by atoms with Gasteiger partial charge in [0.1, 0.15) is 11.6 Å². The molecule has 0 aliphatic rings. The van der Waals surface area contributed by atoms with E-state index in [1.54, 1.807) is 19.2 Å². The molecule has 0 N–H and O–H groups in total. The van der Waals surface area contributed by atoms with E-state index in [1.165, 1.54) is 23.9 Å². The molecule has 22 heavy (non-hydrogen) atoms. The Morgan fingerprint density at radius 1 is 1.09 bits per heavy atom. The van der Waals surface area contributed by atoms with Crippen LogP contribution in [0.1, 0.15) is 5.56 Å². The summed E-state index contributed by atoms with van der Waals surface area (Å²) < 4.78 is 23.2. The molecule has 112 valence electrons. The molecule has 0 spiro atoms. The van der Waals surface area contributed by atoms with Gasteiger partial charge in [-0.15, -0.1) is 0 Å². The summed E-state index contributed by atoms with van der Waals surface area (Å²) in [5.74, 6) is 1.65. The molecule has 0 saturated heterocycles. The minimum atomic E-state index is -0.294. The Kier molecular flexibility index (Phi) is 4.39. The molecule has 0 radical (unpaired) electrons. The van der Waals surface area contributed by atoms with Gasteiger partial charge in [0.05, 0.1) is 7.11 Å². The quantitative estimate of drug-likeness (QED) is 0.661. The highest BCUT2D eigenvalue weighted by Crippen LogP contribution is 2.24. The van der Waals surface area contributed by atoms with Crippen molar-refractivity contribution >= 4 is 11.8 Å². The summed E-state index contributed by atoms with van der Waals surface area (Å²) in [4.78, 5) is 4.30. The molecule has 4 nitrogen and oxygen atoms in total. The van der Waals surface area contributed by atoms with Crippen molar-refractivity contribution in [2.45, 2.75) is 10.9 Å². The van der Waals surface area contributed by atoms with Crippen LogP contribution >= 0.6 is 11.8 Å². The SMILES string of the molecule is COc1ccc(CSc2noc(-c3ccc(F)cc3)n2)cc1. The zero-order chi connectivity index (χ0) is 15.4. The van der Waals surface area contributed by atoms with Crippen molar-refractivity contribution in [1.82, 2.24) is 10.1 Å². The molecule has 0 amide bonds. The number of aromatic nitrogens is 2. The van der Waals surface area contributed by atoms with Gasteiger partial charge in [0.25, 0.3) is 5.89 Å². The third kappa shape index (κ3) is 3.46. The molecule has 0 aliphatic heterocycles. The third-order valence-corrected chi connectivity index (χ3v) is 3.93. The molecule has 3 aromatic rings. The van der Waals surface area contributed by atoms with E-state index in [4.69, 9.17) is 9.26 Å². The topological polar surface area (TPSA) is 48.2 Å². The predicted molar refractivity (Wildman–Crippen MR) is 82.2 cm³/mol. The minimum absolute atomic E-state index is 0.294. The molecular weight excluding hydrogens is 303 g/mol. The number of hydrogen-bond donors (Lipinski definition) is 0. The van der Waals surface area contributed by atoms with Crippen molar-refractivity contribution in [3.63, 3.8) is 0 Å². The summed E-state index contributed by atoms with van der Waals surface area (Å²) in [6.45, 7) is 0. The average molecular weight is 316 g/mol. The van der Waals surface area contributed by atoms with Crippen molar-refractivity contribution in [3.8, 4) is 17.2 Å². The van der Waals surface area contributed by atoms with Crippen LogP contribution in [0.5, 0.6) is 5.75 Å². The Morgan fingerprint density at radius 2 is 1.82 bits per heavy atom. The lowest BCUT2D eigenvalue weighted by Crippen LogP contribution is -1.85. The maximum Gasteiger partial charge on any atom is 0.258 e. The first-order valence-corrected chi connectivity index (χ1v) is 7.58. The first-order chi connectivity index (χ1) is 10.7. The Labute approximate surface area is 131 Å². The molecule has 0 fully saturated rings. The fourth-order valence-corrected chi connectivity index (χ4v) is 2.57. The largest absolute Gasteiger partial charge is 0.497 e. The van der Waals surface area contributed by atoms with Gasteiger partial charge < -0.3 is 9.26 Å².